The van der Waals surface area contributed by atoms with E-state index in [0.717, 1.165) is 47.3 Å². The van der Waals surface area contributed by atoms with Gasteiger partial charge in [0.1, 0.15) is 15.8 Å². The fraction of sp³-hybridized carbons (Fsp3) is 0.296. The standard InChI is InChI=1S/C27H29N3O2S2/c1-29(26(31)22-7-6-10-24(18-22)32-23-8-4-3-5-9-23)19-20-11-14-28-25(17-20)21-12-15-30(16-13-21)27(33)34-2/h3-11,14,17-18,21H,12-13,15-16,19H2,1-2H3. The Hall–Kier alpha value is -2.90. The average molecular weight is 492 g/mol. The van der Waals surface area contributed by atoms with Crippen molar-refractivity contribution in [2.45, 2.75) is 25.3 Å². The highest BCUT2D eigenvalue weighted by Gasteiger charge is 2.23. The number of carbonyl (C=O) groups excluding carboxylic acids is 1. The molecule has 7 heteroatoms. The number of nitrogens with zero attached hydrogens (tertiary/aromatic N) is 3. The molecule has 1 saturated heterocycles. The summed E-state index contributed by atoms with van der Waals surface area (Å²) in [5, 5.41) is 0. The lowest BCUT2D eigenvalue weighted by Gasteiger charge is -2.33. The lowest BCUT2D eigenvalue weighted by Crippen LogP contribution is -2.35. The van der Waals surface area contributed by atoms with Crippen molar-refractivity contribution in [3.8, 4) is 11.5 Å². The molecule has 176 valence electrons. The van der Waals surface area contributed by atoms with Crippen LogP contribution in [0.2, 0.25) is 0 Å². The highest BCUT2D eigenvalue weighted by molar-refractivity contribution is 8.22. The molecule has 0 aliphatic carbocycles. The molecule has 2 heterocycles. The summed E-state index contributed by atoms with van der Waals surface area (Å²) in [6, 6.07) is 21.0. The van der Waals surface area contributed by atoms with Crippen molar-refractivity contribution in [1.29, 1.82) is 0 Å². The molecule has 5 nitrogen and oxygen atoms in total. The Labute approximate surface area is 211 Å². The van der Waals surface area contributed by atoms with Crippen molar-refractivity contribution in [2.75, 3.05) is 26.4 Å². The number of ether oxygens (including phenoxy) is 1. The van der Waals surface area contributed by atoms with Crippen LogP contribution in [-0.4, -0.2) is 51.4 Å². The monoisotopic (exact) mass is 491 g/mol. The molecule has 0 bridgehead atoms. The zero-order valence-electron chi connectivity index (χ0n) is 19.5. The first-order valence-corrected chi connectivity index (χ1v) is 13.0. The van der Waals surface area contributed by atoms with Gasteiger partial charge in [-0.25, -0.2) is 0 Å². The number of rotatable bonds is 6. The van der Waals surface area contributed by atoms with Gasteiger partial charge >= 0.3 is 0 Å². The van der Waals surface area contributed by atoms with Gasteiger partial charge in [0.25, 0.3) is 5.91 Å². The second kappa shape index (κ2) is 11.5. The molecular formula is C27H29N3O2S2. The van der Waals surface area contributed by atoms with Crippen molar-refractivity contribution in [2.24, 2.45) is 0 Å². The zero-order chi connectivity index (χ0) is 23.9. The SMILES string of the molecule is CSC(=S)N1CCC(c2cc(CN(C)C(=O)c3cccc(Oc4ccccc4)c3)ccn2)CC1. The van der Waals surface area contributed by atoms with Crippen LogP contribution < -0.4 is 4.74 Å². The number of benzene rings is 2. The van der Waals surface area contributed by atoms with E-state index in [2.05, 4.69) is 16.0 Å². The summed E-state index contributed by atoms with van der Waals surface area (Å²) in [7, 11) is 1.83. The Morgan fingerprint density at radius 2 is 1.82 bits per heavy atom. The van der Waals surface area contributed by atoms with Crippen LogP contribution in [0.3, 0.4) is 0 Å². The van der Waals surface area contributed by atoms with E-state index in [-0.39, 0.29) is 5.91 Å². The van der Waals surface area contributed by atoms with Gasteiger partial charge in [0.2, 0.25) is 0 Å². The molecular weight excluding hydrogens is 462 g/mol. The minimum Gasteiger partial charge on any atom is -0.457 e. The smallest absolute Gasteiger partial charge is 0.254 e. The number of thiocarbonyl (C=S) groups is 1. The summed E-state index contributed by atoms with van der Waals surface area (Å²) in [5.74, 6) is 1.76. The van der Waals surface area contributed by atoms with Crippen molar-refractivity contribution in [3.63, 3.8) is 0 Å². The maximum atomic E-state index is 13.1. The third-order valence-corrected chi connectivity index (χ3v) is 7.38. The molecule has 1 fully saturated rings. The van der Waals surface area contributed by atoms with Crippen molar-refractivity contribution < 1.29 is 9.53 Å². The first-order valence-electron chi connectivity index (χ1n) is 11.4. The quantitative estimate of drug-likeness (QED) is 0.396. The van der Waals surface area contributed by atoms with Crippen LogP contribution in [-0.2, 0) is 6.54 Å². The number of thioether (sulfide) groups is 1. The lowest BCUT2D eigenvalue weighted by molar-refractivity contribution is 0.0784. The Morgan fingerprint density at radius 1 is 1.09 bits per heavy atom. The number of hydrogen-bond acceptors (Lipinski definition) is 5. The van der Waals surface area contributed by atoms with Crippen LogP contribution in [0.4, 0.5) is 0 Å². The average Bonchev–Trinajstić information content (AvgIpc) is 2.88. The Balaban J connectivity index is 1.38. The maximum absolute atomic E-state index is 13.1. The minimum absolute atomic E-state index is 0.0456. The summed E-state index contributed by atoms with van der Waals surface area (Å²) in [4.78, 5) is 21.8. The van der Waals surface area contributed by atoms with E-state index in [4.69, 9.17) is 17.0 Å². The Kier molecular flexibility index (Phi) is 8.19. The first-order chi connectivity index (χ1) is 16.5. The number of hydrogen-bond donors (Lipinski definition) is 0. The number of amides is 1. The molecule has 0 saturated carbocycles. The molecule has 1 aromatic heterocycles. The van der Waals surface area contributed by atoms with E-state index in [9.17, 15) is 4.79 Å². The normalized spacial score (nSPS) is 14.0. The van der Waals surface area contributed by atoms with E-state index >= 15 is 0 Å². The number of likely N-dealkylation sites (tertiary alicyclic amines) is 1. The van der Waals surface area contributed by atoms with Gasteiger partial charge in [0, 0.05) is 50.1 Å². The topological polar surface area (TPSA) is 45.7 Å². The van der Waals surface area contributed by atoms with Crippen LogP contribution in [0.25, 0.3) is 0 Å². The molecule has 0 unspecified atom stereocenters. The van der Waals surface area contributed by atoms with E-state index < -0.39 is 0 Å². The van der Waals surface area contributed by atoms with Crippen molar-refractivity contribution in [1.82, 2.24) is 14.8 Å². The number of para-hydroxylation sites is 1. The van der Waals surface area contributed by atoms with Gasteiger partial charge in [0.05, 0.1) is 0 Å². The fourth-order valence-electron chi connectivity index (χ4n) is 4.19. The zero-order valence-corrected chi connectivity index (χ0v) is 21.1. The predicted molar refractivity (Wildman–Crippen MR) is 143 cm³/mol. The highest BCUT2D eigenvalue weighted by Crippen LogP contribution is 2.29. The van der Waals surface area contributed by atoms with Gasteiger partial charge < -0.3 is 14.5 Å². The minimum atomic E-state index is -0.0456. The number of piperidine rings is 1. The highest BCUT2D eigenvalue weighted by atomic mass is 32.2. The van der Waals surface area contributed by atoms with Gasteiger partial charge in [-0.05, 0) is 67.1 Å². The van der Waals surface area contributed by atoms with Gasteiger partial charge in [-0.1, -0.05) is 36.5 Å². The summed E-state index contributed by atoms with van der Waals surface area (Å²) in [6.07, 6.45) is 5.97. The molecule has 0 atom stereocenters. The summed E-state index contributed by atoms with van der Waals surface area (Å²) < 4.78 is 6.86. The van der Waals surface area contributed by atoms with Crippen LogP contribution in [0.1, 0.15) is 40.4 Å². The van der Waals surface area contributed by atoms with Crippen molar-refractivity contribution in [3.05, 3.63) is 89.7 Å². The summed E-state index contributed by atoms with van der Waals surface area (Å²) in [5.41, 5.74) is 2.79. The molecule has 1 aliphatic rings. The molecule has 0 spiro atoms. The number of pyridine rings is 1. The second-order valence-electron chi connectivity index (χ2n) is 8.42. The molecule has 4 rings (SSSR count). The van der Waals surface area contributed by atoms with Crippen LogP contribution in [0.5, 0.6) is 11.5 Å². The van der Waals surface area contributed by atoms with Crippen molar-refractivity contribution >= 4 is 34.2 Å². The van der Waals surface area contributed by atoms with E-state index in [1.807, 2.05) is 74.1 Å². The summed E-state index contributed by atoms with van der Waals surface area (Å²) >= 11 is 7.07. The predicted octanol–water partition coefficient (Wildman–Crippen LogP) is 5.97. The molecule has 3 aromatic rings. The third-order valence-electron chi connectivity index (χ3n) is 6.02. The largest absolute Gasteiger partial charge is 0.457 e. The second-order valence-corrected chi connectivity index (χ2v) is 9.86. The number of aromatic nitrogens is 1. The molecule has 0 N–H and O–H groups in total. The maximum Gasteiger partial charge on any atom is 0.254 e. The Bertz CT molecular complexity index is 1130. The van der Waals surface area contributed by atoms with E-state index in [0.29, 0.717) is 23.8 Å². The molecule has 1 aliphatic heterocycles. The third kappa shape index (κ3) is 6.15. The van der Waals surface area contributed by atoms with Gasteiger partial charge in [-0.2, -0.15) is 0 Å². The fourth-order valence-corrected chi connectivity index (χ4v) is 4.81. The summed E-state index contributed by atoms with van der Waals surface area (Å²) in [6.45, 7) is 2.46. The lowest BCUT2D eigenvalue weighted by atomic mass is 9.92. The van der Waals surface area contributed by atoms with Crippen LogP contribution in [0.15, 0.2) is 72.9 Å². The first kappa shape index (κ1) is 24.2. The van der Waals surface area contributed by atoms with Gasteiger partial charge in [-0.3, -0.25) is 9.78 Å². The van der Waals surface area contributed by atoms with E-state index in [1.54, 1.807) is 22.7 Å². The molecule has 1 amide bonds. The molecule has 0 radical (unpaired) electrons. The van der Waals surface area contributed by atoms with Gasteiger partial charge in [0.15, 0.2) is 0 Å². The van der Waals surface area contributed by atoms with Crippen LogP contribution in [0, 0.1) is 0 Å². The van der Waals surface area contributed by atoms with Gasteiger partial charge in [-0.15, -0.1) is 11.8 Å². The van der Waals surface area contributed by atoms with E-state index in [1.165, 1.54) is 0 Å². The molecule has 34 heavy (non-hydrogen) atoms. The van der Waals surface area contributed by atoms with Crippen LogP contribution >= 0.6 is 24.0 Å². The molecule has 2 aromatic carbocycles. The number of carbonyl (C=O) groups is 1. The Morgan fingerprint density at radius 3 is 2.56 bits per heavy atom.